The van der Waals surface area contributed by atoms with E-state index in [0.29, 0.717) is 23.0 Å². The molecular formula is C33H28N8O4. The van der Waals surface area contributed by atoms with E-state index >= 15 is 0 Å². The first-order valence-electron chi connectivity index (χ1n) is 14.6. The highest BCUT2D eigenvalue weighted by molar-refractivity contribution is 5.97. The van der Waals surface area contributed by atoms with Gasteiger partial charge in [0.15, 0.2) is 11.6 Å². The summed E-state index contributed by atoms with van der Waals surface area (Å²) in [5.41, 5.74) is 4.66. The highest BCUT2D eigenvalue weighted by Crippen LogP contribution is 2.23. The van der Waals surface area contributed by atoms with E-state index in [2.05, 4.69) is 29.9 Å². The average Bonchev–Trinajstić information content (AvgIpc) is 3.73. The Labute approximate surface area is 257 Å². The van der Waals surface area contributed by atoms with Crippen molar-refractivity contribution in [1.29, 1.82) is 0 Å². The minimum Gasteiger partial charge on any atom is -0.464 e. The van der Waals surface area contributed by atoms with E-state index in [1.54, 1.807) is 43.3 Å². The molecule has 224 valence electrons. The number of esters is 1. The molecule has 1 saturated heterocycles. The number of para-hydroxylation sites is 4. The number of carbonyl (C=O) groups excluding carboxylic acids is 3. The van der Waals surface area contributed by atoms with Gasteiger partial charge in [0.05, 0.1) is 35.2 Å². The number of fused-ring (bicyclic) bond motifs is 2. The summed E-state index contributed by atoms with van der Waals surface area (Å²) < 4.78 is 5.33. The number of hydrogen-bond acceptors (Lipinski definition) is 8. The maximum absolute atomic E-state index is 13.8. The number of amides is 2. The minimum atomic E-state index is -1.02. The lowest BCUT2D eigenvalue weighted by molar-refractivity contribution is -0.150. The third-order valence-electron chi connectivity index (χ3n) is 7.69. The molecule has 12 heteroatoms. The molecule has 1 unspecified atom stereocenters. The van der Waals surface area contributed by atoms with Gasteiger partial charge in [0.1, 0.15) is 28.8 Å². The number of nitrogens with one attached hydrogen (secondary N) is 2. The van der Waals surface area contributed by atoms with Gasteiger partial charge >= 0.3 is 5.97 Å². The number of hydrogen-bond donors (Lipinski definition) is 2. The summed E-state index contributed by atoms with van der Waals surface area (Å²) in [7, 11) is 0. The van der Waals surface area contributed by atoms with Gasteiger partial charge in [0, 0.05) is 13.1 Å². The zero-order valence-corrected chi connectivity index (χ0v) is 24.3. The summed E-state index contributed by atoms with van der Waals surface area (Å²) in [4.78, 5) is 68.3. The molecule has 4 aromatic heterocycles. The van der Waals surface area contributed by atoms with Crippen LogP contribution in [0.4, 0.5) is 0 Å². The molecule has 0 spiro atoms. The van der Waals surface area contributed by atoms with Crippen molar-refractivity contribution in [3.05, 3.63) is 96.3 Å². The summed E-state index contributed by atoms with van der Waals surface area (Å²) in [6, 6.07) is 24.4. The van der Waals surface area contributed by atoms with Crippen LogP contribution in [0.25, 0.3) is 45.1 Å². The summed E-state index contributed by atoms with van der Waals surface area (Å²) in [5.74, 6) is -0.327. The quantitative estimate of drug-likeness (QED) is 0.272. The van der Waals surface area contributed by atoms with Crippen LogP contribution in [-0.4, -0.2) is 89.8 Å². The van der Waals surface area contributed by atoms with E-state index in [1.807, 2.05) is 48.5 Å². The van der Waals surface area contributed by atoms with Crippen molar-refractivity contribution in [1.82, 2.24) is 39.7 Å². The molecule has 2 aromatic carbocycles. The largest absolute Gasteiger partial charge is 0.464 e. The second-order valence-electron chi connectivity index (χ2n) is 10.5. The molecule has 5 heterocycles. The van der Waals surface area contributed by atoms with Crippen LogP contribution in [-0.2, 0) is 9.53 Å². The maximum Gasteiger partial charge on any atom is 0.330 e. The zero-order valence-electron chi connectivity index (χ0n) is 24.3. The van der Waals surface area contributed by atoms with E-state index in [9.17, 15) is 14.4 Å². The lowest BCUT2D eigenvalue weighted by Crippen LogP contribution is -2.60. The van der Waals surface area contributed by atoms with Gasteiger partial charge in [-0.2, -0.15) is 0 Å². The Morgan fingerprint density at radius 3 is 1.82 bits per heavy atom. The van der Waals surface area contributed by atoms with Crippen molar-refractivity contribution in [2.24, 2.45) is 0 Å². The minimum absolute atomic E-state index is 0.0524. The lowest BCUT2D eigenvalue weighted by Gasteiger charge is -2.39. The van der Waals surface area contributed by atoms with Crippen LogP contribution in [0.1, 0.15) is 27.9 Å². The fourth-order valence-electron chi connectivity index (χ4n) is 5.48. The van der Waals surface area contributed by atoms with Crippen LogP contribution in [0.5, 0.6) is 0 Å². The number of imidazole rings is 2. The maximum atomic E-state index is 13.8. The summed E-state index contributed by atoms with van der Waals surface area (Å²) >= 11 is 0. The topological polar surface area (TPSA) is 150 Å². The van der Waals surface area contributed by atoms with Gasteiger partial charge in [0.25, 0.3) is 11.8 Å². The number of aromatic nitrogens is 6. The first kappa shape index (κ1) is 27.9. The number of piperazine rings is 1. The number of nitrogens with zero attached hydrogens (tertiary/aromatic N) is 6. The number of H-pyrrole nitrogens is 2. The van der Waals surface area contributed by atoms with Gasteiger partial charge in [0.2, 0.25) is 0 Å². The molecule has 7 rings (SSSR count). The van der Waals surface area contributed by atoms with Crippen LogP contribution in [0, 0.1) is 0 Å². The van der Waals surface area contributed by atoms with Gasteiger partial charge in [-0.25, -0.2) is 24.7 Å². The molecule has 1 aliphatic rings. The second-order valence-corrected chi connectivity index (χ2v) is 10.5. The normalized spacial score (nSPS) is 15.0. The van der Waals surface area contributed by atoms with Crippen LogP contribution < -0.4 is 0 Å². The van der Waals surface area contributed by atoms with E-state index in [-0.39, 0.29) is 43.5 Å². The third-order valence-corrected chi connectivity index (χ3v) is 7.69. The third kappa shape index (κ3) is 5.37. The van der Waals surface area contributed by atoms with E-state index in [0.717, 1.165) is 22.1 Å². The molecule has 1 atom stereocenters. The van der Waals surface area contributed by atoms with E-state index in [4.69, 9.17) is 4.74 Å². The molecule has 2 N–H and O–H groups in total. The Hall–Kier alpha value is -5.91. The fourth-order valence-corrected chi connectivity index (χ4v) is 5.48. The number of pyridine rings is 2. The van der Waals surface area contributed by atoms with Crippen molar-refractivity contribution < 1.29 is 19.1 Å². The van der Waals surface area contributed by atoms with Crippen LogP contribution in [0.15, 0.2) is 84.9 Å². The highest BCUT2D eigenvalue weighted by atomic mass is 16.5. The molecule has 0 bridgehead atoms. The summed E-state index contributed by atoms with van der Waals surface area (Å²) in [6.45, 7) is 2.07. The van der Waals surface area contributed by atoms with E-state index < -0.39 is 17.9 Å². The first-order chi connectivity index (χ1) is 22.0. The van der Waals surface area contributed by atoms with Gasteiger partial charge in [-0.1, -0.05) is 36.4 Å². The Balaban J connectivity index is 1.12. The smallest absolute Gasteiger partial charge is 0.330 e. The van der Waals surface area contributed by atoms with Gasteiger partial charge in [-0.3, -0.25) is 9.59 Å². The Kier molecular flexibility index (Phi) is 7.22. The lowest BCUT2D eigenvalue weighted by atomic mass is 10.1. The summed E-state index contributed by atoms with van der Waals surface area (Å²) in [5, 5.41) is 0. The van der Waals surface area contributed by atoms with Gasteiger partial charge in [-0.15, -0.1) is 0 Å². The standard InChI is InChI=1S/C33H28N8O4/c1-2-45-33(44)28-19-40(31(42)26-15-7-13-24(34-26)29-36-20-9-3-4-10-21(20)37-29)17-18-41(28)32(43)27-16-8-14-25(35-27)30-38-22-11-5-6-12-23(22)39-30/h3-16,28H,2,17-19H2,1H3,(H,36,37)(H,38,39). The predicted molar refractivity (Wildman–Crippen MR) is 166 cm³/mol. The molecule has 6 aromatic rings. The molecule has 0 radical (unpaired) electrons. The molecular weight excluding hydrogens is 572 g/mol. The van der Waals surface area contributed by atoms with Crippen LogP contribution in [0.3, 0.4) is 0 Å². The molecule has 12 nitrogen and oxygen atoms in total. The molecule has 0 saturated carbocycles. The van der Waals surface area contributed by atoms with Crippen molar-refractivity contribution in [2.45, 2.75) is 13.0 Å². The number of aromatic amines is 2. The molecule has 1 aliphatic heterocycles. The zero-order chi connectivity index (χ0) is 30.9. The average molecular weight is 601 g/mol. The van der Waals surface area contributed by atoms with Crippen molar-refractivity contribution >= 4 is 39.9 Å². The van der Waals surface area contributed by atoms with E-state index in [1.165, 1.54) is 9.80 Å². The van der Waals surface area contributed by atoms with Crippen LogP contribution in [0.2, 0.25) is 0 Å². The molecule has 2 amide bonds. The number of carbonyl (C=O) groups is 3. The Morgan fingerprint density at radius 2 is 1.27 bits per heavy atom. The number of ether oxygens (including phenoxy) is 1. The van der Waals surface area contributed by atoms with Crippen LogP contribution >= 0.6 is 0 Å². The Morgan fingerprint density at radius 1 is 0.711 bits per heavy atom. The van der Waals surface area contributed by atoms with Crippen molar-refractivity contribution in [3.63, 3.8) is 0 Å². The Bertz CT molecular complexity index is 2000. The first-order valence-corrected chi connectivity index (χ1v) is 14.6. The summed E-state index contributed by atoms with van der Waals surface area (Å²) in [6.07, 6.45) is 0. The SMILES string of the molecule is CCOC(=O)C1CN(C(=O)c2cccc(-c3nc4ccccc4[nH]3)n2)CCN1C(=O)c1cccc(-c2nc3ccccc3[nH]2)n1. The monoisotopic (exact) mass is 600 g/mol. The van der Waals surface area contributed by atoms with Crippen molar-refractivity contribution in [2.75, 3.05) is 26.2 Å². The highest BCUT2D eigenvalue weighted by Gasteiger charge is 2.39. The molecule has 45 heavy (non-hydrogen) atoms. The predicted octanol–water partition coefficient (Wildman–Crippen LogP) is 4.09. The van der Waals surface area contributed by atoms with Gasteiger partial charge in [-0.05, 0) is 55.5 Å². The number of rotatable bonds is 6. The fraction of sp³-hybridized carbons (Fsp3) is 0.182. The molecule has 0 aliphatic carbocycles. The second kappa shape index (κ2) is 11.6. The van der Waals surface area contributed by atoms with Gasteiger partial charge < -0.3 is 24.5 Å². The molecule has 1 fully saturated rings. The number of benzene rings is 2. The van der Waals surface area contributed by atoms with Crippen molar-refractivity contribution in [3.8, 4) is 23.0 Å².